The first-order valence-electron chi connectivity index (χ1n) is 5.13. The molecule has 0 aliphatic heterocycles. The molecule has 92 valence electrons. The van der Waals surface area contributed by atoms with Gasteiger partial charge in [-0.05, 0) is 30.7 Å². The molecule has 0 unspecified atom stereocenters. The molecule has 0 bridgehead atoms. The third-order valence-corrected chi connectivity index (χ3v) is 2.48. The number of hydrogen-bond donors (Lipinski definition) is 1. The monoisotopic (exact) mass is 248 g/mol. The number of halogens is 1. The quantitative estimate of drug-likeness (QED) is 0.848. The Morgan fingerprint density at radius 2 is 1.83 bits per heavy atom. The van der Waals surface area contributed by atoms with Crippen molar-refractivity contribution in [2.45, 2.75) is 6.92 Å². The van der Waals surface area contributed by atoms with Crippen LogP contribution in [0.25, 0.3) is 0 Å². The molecule has 18 heavy (non-hydrogen) atoms. The van der Waals surface area contributed by atoms with Crippen molar-refractivity contribution in [1.82, 2.24) is 0 Å². The van der Waals surface area contributed by atoms with Gasteiger partial charge in [-0.25, -0.2) is 9.18 Å². The molecule has 0 aliphatic carbocycles. The predicted octanol–water partition coefficient (Wildman–Crippen LogP) is 2.66. The molecular formula is C13H9FO4. The van der Waals surface area contributed by atoms with E-state index in [0.717, 1.165) is 6.07 Å². The Balaban J connectivity index is 2.41. The second-order valence-electron chi connectivity index (χ2n) is 3.73. The number of furan rings is 1. The predicted molar refractivity (Wildman–Crippen MR) is 60.2 cm³/mol. The summed E-state index contributed by atoms with van der Waals surface area (Å²) in [5.41, 5.74) is 0.201. The minimum atomic E-state index is -1.28. The lowest BCUT2D eigenvalue weighted by atomic mass is 10.1. The fourth-order valence-electron chi connectivity index (χ4n) is 1.53. The van der Waals surface area contributed by atoms with Gasteiger partial charge in [0.25, 0.3) is 0 Å². The SMILES string of the molecule is Cc1cccc(C(=O)c2ccc(C(=O)O)o2)c1F. The molecule has 2 rings (SSSR count). The Hall–Kier alpha value is -2.43. The second-order valence-corrected chi connectivity index (χ2v) is 3.73. The van der Waals surface area contributed by atoms with E-state index in [4.69, 9.17) is 9.52 Å². The Bertz CT molecular complexity index is 628. The molecule has 4 nitrogen and oxygen atoms in total. The highest BCUT2D eigenvalue weighted by Gasteiger charge is 2.20. The molecule has 0 saturated carbocycles. The molecule has 0 aliphatic rings. The van der Waals surface area contributed by atoms with E-state index in [1.165, 1.54) is 25.1 Å². The highest BCUT2D eigenvalue weighted by atomic mass is 19.1. The first-order valence-corrected chi connectivity index (χ1v) is 5.13. The summed E-state index contributed by atoms with van der Waals surface area (Å²) in [7, 11) is 0. The Labute approximate surface area is 102 Å². The molecule has 1 N–H and O–H groups in total. The van der Waals surface area contributed by atoms with Crippen LogP contribution in [0.1, 0.15) is 32.2 Å². The first kappa shape index (κ1) is 12.0. The number of aryl methyl sites for hydroxylation is 1. The van der Waals surface area contributed by atoms with Gasteiger partial charge in [-0.3, -0.25) is 4.79 Å². The van der Waals surface area contributed by atoms with Crippen LogP contribution in [0.3, 0.4) is 0 Å². The first-order chi connectivity index (χ1) is 8.50. The normalized spacial score (nSPS) is 10.3. The van der Waals surface area contributed by atoms with E-state index in [-0.39, 0.29) is 17.1 Å². The molecule has 1 aromatic carbocycles. The van der Waals surface area contributed by atoms with Gasteiger partial charge in [0, 0.05) is 0 Å². The molecule has 2 aromatic rings. The third kappa shape index (κ3) is 2.02. The summed E-state index contributed by atoms with van der Waals surface area (Å²) in [6.45, 7) is 1.54. The van der Waals surface area contributed by atoms with Gasteiger partial charge in [-0.2, -0.15) is 0 Å². The molecule has 0 radical (unpaired) electrons. The summed E-state index contributed by atoms with van der Waals surface area (Å²) in [5.74, 6) is -3.14. The number of carboxylic acid groups (broad SMARTS) is 1. The van der Waals surface area contributed by atoms with Crippen LogP contribution in [0.15, 0.2) is 34.7 Å². The number of aromatic carboxylic acids is 1. The van der Waals surface area contributed by atoms with Crippen molar-refractivity contribution in [2.75, 3.05) is 0 Å². The molecule has 5 heteroatoms. The van der Waals surface area contributed by atoms with Gasteiger partial charge in [0.1, 0.15) is 5.82 Å². The van der Waals surface area contributed by atoms with Gasteiger partial charge in [-0.1, -0.05) is 12.1 Å². The lowest BCUT2D eigenvalue weighted by Gasteiger charge is -2.02. The van der Waals surface area contributed by atoms with Crippen LogP contribution in [-0.4, -0.2) is 16.9 Å². The van der Waals surface area contributed by atoms with E-state index in [1.54, 1.807) is 6.07 Å². The van der Waals surface area contributed by atoms with Gasteiger partial charge in [0.05, 0.1) is 5.56 Å². The number of carboxylic acids is 1. The lowest BCUT2D eigenvalue weighted by Crippen LogP contribution is -2.04. The maximum atomic E-state index is 13.7. The summed E-state index contributed by atoms with van der Waals surface area (Å²) in [4.78, 5) is 22.5. The van der Waals surface area contributed by atoms with Crippen LogP contribution in [0, 0.1) is 12.7 Å². The van der Waals surface area contributed by atoms with Crippen molar-refractivity contribution in [3.63, 3.8) is 0 Å². The Kier molecular flexibility index (Phi) is 2.97. The molecule has 0 fully saturated rings. The number of hydrogen-bond acceptors (Lipinski definition) is 3. The van der Waals surface area contributed by atoms with E-state index in [1.807, 2.05) is 0 Å². The standard InChI is InChI=1S/C13H9FO4/c1-7-3-2-4-8(11(7)14)12(15)9-5-6-10(18-9)13(16)17/h2-6H,1H3,(H,16,17). The van der Waals surface area contributed by atoms with Crippen LogP contribution in [0.4, 0.5) is 4.39 Å². The summed E-state index contributed by atoms with van der Waals surface area (Å²) in [6.07, 6.45) is 0. The fraction of sp³-hybridized carbons (Fsp3) is 0.0769. The number of carbonyl (C=O) groups is 2. The van der Waals surface area contributed by atoms with E-state index < -0.39 is 17.6 Å². The minimum absolute atomic E-state index is 0.138. The fourth-order valence-corrected chi connectivity index (χ4v) is 1.53. The highest BCUT2D eigenvalue weighted by molar-refractivity contribution is 6.07. The average molecular weight is 248 g/mol. The maximum absolute atomic E-state index is 13.7. The van der Waals surface area contributed by atoms with Crippen LogP contribution in [0.2, 0.25) is 0 Å². The van der Waals surface area contributed by atoms with Crippen LogP contribution >= 0.6 is 0 Å². The number of ketones is 1. The maximum Gasteiger partial charge on any atom is 0.371 e. The van der Waals surface area contributed by atoms with E-state index in [2.05, 4.69) is 0 Å². The summed E-state index contributed by atoms with van der Waals surface area (Å²) < 4.78 is 18.6. The third-order valence-electron chi connectivity index (χ3n) is 2.48. The van der Waals surface area contributed by atoms with Crippen molar-refractivity contribution in [3.05, 3.63) is 58.8 Å². The zero-order valence-corrected chi connectivity index (χ0v) is 9.44. The van der Waals surface area contributed by atoms with Crippen LogP contribution < -0.4 is 0 Å². The Morgan fingerprint density at radius 1 is 1.17 bits per heavy atom. The number of rotatable bonds is 3. The van der Waals surface area contributed by atoms with Gasteiger partial charge >= 0.3 is 5.97 Å². The van der Waals surface area contributed by atoms with Gasteiger partial charge in [-0.15, -0.1) is 0 Å². The summed E-state index contributed by atoms with van der Waals surface area (Å²) in [5, 5.41) is 8.67. The molecule has 0 atom stereocenters. The largest absolute Gasteiger partial charge is 0.475 e. The lowest BCUT2D eigenvalue weighted by molar-refractivity contribution is 0.0660. The molecule has 0 saturated heterocycles. The zero-order chi connectivity index (χ0) is 13.3. The van der Waals surface area contributed by atoms with Crippen molar-refractivity contribution >= 4 is 11.8 Å². The van der Waals surface area contributed by atoms with Gasteiger partial charge < -0.3 is 9.52 Å². The van der Waals surface area contributed by atoms with Crippen molar-refractivity contribution < 1.29 is 23.5 Å². The van der Waals surface area contributed by atoms with Crippen molar-refractivity contribution in [2.24, 2.45) is 0 Å². The number of carbonyl (C=O) groups excluding carboxylic acids is 1. The van der Waals surface area contributed by atoms with Crippen molar-refractivity contribution in [1.29, 1.82) is 0 Å². The smallest absolute Gasteiger partial charge is 0.371 e. The van der Waals surface area contributed by atoms with Gasteiger partial charge in [0.2, 0.25) is 11.5 Å². The minimum Gasteiger partial charge on any atom is -0.475 e. The van der Waals surface area contributed by atoms with E-state index in [0.29, 0.717) is 5.56 Å². The molecular weight excluding hydrogens is 239 g/mol. The van der Waals surface area contributed by atoms with E-state index >= 15 is 0 Å². The van der Waals surface area contributed by atoms with E-state index in [9.17, 15) is 14.0 Å². The zero-order valence-electron chi connectivity index (χ0n) is 9.44. The van der Waals surface area contributed by atoms with Gasteiger partial charge in [0.15, 0.2) is 5.76 Å². The van der Waals surface area contributed by atoms with Crippen LogP contribution in [-0.2, 0) is 0 Å². The van der Waals surface area contributed by atoms with Crippen molar-refractivity contribution in [3.8, 4) is 0 Å². The summed E-state index contributed by atoms with van der Waals surface area (Å²) in [6, 6.07) is 6.79. The molecule has 0 spiro atoms. The summed E-state index contributed by atoms with van der Waals surface area (Å²) >= 11 is 0. The molecule has 1 heterocycles. The Morgan fingerprint density at radius 3 is 2.44 bits per heavy atom. The molecule has 1 aromatic heterocycles. The second kappa shape index (κ2) is 4.44. The average Bonchev–Trinajstić information content (AvgIpc) is 2.81. The number of benzene rings is 1. The highest BCUT2D eigenvalue weighted by Crippen LogP contribution is 2.18. The topological polar surface area (TPSA) is 67.5 Å². The molecule has 0 amide bonds. The van der Waals surface area contributed by atoms with Crippen LogP contribution in [0.5, 0.6) is 0 Å².